The number of nitrogens with zero attached hydrogens (tertiary/aromatic N) is 1. The van der Waals surface area contributed by atoms with Gasteiger partial charge in [-0.3, -0.25) is 4.90 Å². The molecule has 2 nitrogen and oxygen atoms in total. The predicted octanol–water partition coefficient (Wildman–Crippen LogP) is 2.82. The fourth-order valence-electron chi connectivity index (χ4n) is 2.90. The van der Waals surface area contributed by atoms with E-state index in [-0.39, 0.29) is 0 Å². The molecule has 18 heavy (non-hydrogen) atoms. The van der Waals surface area contributed by atoms with E-state index in [1.807, 2.05) is 0 Å². The summed E-state index contributed by atoms with van der Waals surface area (Å²) in [5.41, 5.74) is 3.02. The van der Waals surface area contributed by atoms with Gasteiger partial charge in [0.05, 0.1) is 0 Å². The fraction of sp³-hybridized carbons (Fsp3) is 0.625. The van der Waals surface area contributed by atoms with Crippen LogP contribution in [0.15, 0.2) is 24.3 Å². The molecule has 0 amide bonds. The van der Waals surface area contributed by atoms with Crippen LogP contribution in [0.4, 0.5) is 0 Å². The molecule has 2 heteroatoms. The Hall–Kier alpha value is -0.860. The minimum Gasteiger partial charge on any atom is -0.315 e. The number of benzene rings is 1. The highest BCUT2D eigenvalue weighted by atomic mass is 15.2. The van der Waals surface area contributed by atoms with Gasteiger partial charge in [-0.1, -0.05) is 38.1 Å². The lowest BCUT2D eigenvalue weighted by atomic mass is 10.0. The first-order valence-electron chi connectivity index (χ1n) is 7.36. The second-order valence-corrected chi connectivity index (χ2v) is 5.24. The highest BCUT2D eigenvalue weighted by molar-refractivity contribution is 5.27. The average Bonchev–Trinajstić information content (AvgIpc) is 2.92. The summed E-state index contributed by atoms with van der Waals surface area (Å²) < 4.78 is 0. The molecule has 1 aromatic carbocycles. The van der Waals surface area contributed by atoms with Crippen LogP contribution in [0.5, 0.6) is 0 Å². The highest BCUT2D eigenvalue weighted by Crippen LogP contribution is 2.17. The van der Waals surface area contributed by atoms with Gasteiger partial charge in [-0.05, 0) is 43.5 Å². The fourth-order valence-corrected chi connectivity index (χ4v) is 2.90. The third-order valence-corrected chi connectivity index (χ3v) is 3.93. The maximum atomic E-state index is 3.48. The number of rotatable bonds is 6. The van der Waals surface area contributed by atoms with Gasteiger partial charge in [-0.15, -0.1) is 0 Å². The molecule has 1 heterocycles. The van der Waals surface area contributed by atoms with Gasteiger partial charge in [-0.25, -0.2) is 0 Å². The molecule has 1 saturated heterocycles. The smallest absolute Gasteiger partial charge is 0.0239 e. The summed E-state index contributed by atoms with van der Waals surface area (Å²) in [6.45, 7) is 9.20. The Morgan fingerprint density at radius 1 is 1.22 bits per heavy atom. The van der Waals surface area contributed by atoms with Crippen LogP contribution in [0.1, 0.15) is 37.8 Å². The molecule has 1 aliphatic rings. The highest BCUT2D eigenvalue weighted by Gasteiger charge is 2.22. The summed E-state index contributed by atoms with van der Waals surface area (Å²) in [6.07, 6.45) is 3.68. The van der Waals surface area contributed by atoms with Crippen molar-refractivity contribution in [1.82, 2.24) is 10.2 Å². The Balaban J connectivity index is 2.07. The molecule has 0 aliphatic carbocycles. The van der Waals surface area contributed by atoms with Crippen LogP contribution >= 0.6 is 0 Å². The molecule has 1 aliphatic heterocycles. The van der Waals surface area contributed by atoms with Crippen molar-refractivity contribution in [3.63, 3.8) is 0 Å². The van der Waals surface area contributed by atoms with E-state index in [9.17, 15) is 0 Å². The Labute approximate surface area is 111 Å². The van der Waals surface area contributed by atoms with E-state index in [1.54, 1.807) is 0 Å². The molecule has 0 bridgehead atoms. The van der Waals surface area contributed by atoms with Crippen LogP contribution in [-0.4, -0.2) is 30.6 Å². The second kappa shape index (κ2) is 6.91. The molecular formula is C16H26N2. The molecule has 1 aromatic rings. The second-order valence-electron chi connectivity index (χ2n) is 5.24. The van der Waals surface area contributed by atoms with Crippen molar-refractivity contribution in [2.24, 2.45) is 0 Å². The lowest BCUT2D eigenvalue weighted by molar-refractivity contribution is 0.199. The van der Waals surface area contributed by atoms with E-state index in [2.05, 4.69) is 48.3 Å². The summed E-state index contributed by atoms with van der Waals surface area (Å²) >= 11 is 0. The summed E-state index contributed by atoms with van der Waals surface area (Å²) in [5, 5.41) is 3.48. The first-order chi connectivity index (χ1) is 8.85. The van der Waals surface area contributed by atoms with Crippen molar-refractivity contribution < 1.29 is 0 Å². The van der Waals surface area contributed by atoms with Crippen LogP contribution in [0.3, 0.4) is 0 Å². The molecule has 0 aromatic heterocycles. The molecule has 0 saturated carbocycles. The van der Waals surface area contributed by atoms with Gasteiger partial charge in [0, 0.05) is 19.1 Å². The third-order valence-electron chi connectivity index (χ3n) is 3.93. The van der Waals surface area contributed by atoms with Crippen LogP contribution < -0.4 is 5.32 Å². The van der Waals surface area contributed by atoms with Crippen molar-refractivity contribution in [3.8, 4) is 0 Å². The van der Waals surface area contributed by atoms with Crippen molar-refractivity contribution >= 4 is 0 Å². The summed E-state index contributed by atoms with van der Waals surface area (Å²) in [4.78, 5) is 2.66. The average molecular weight is 246 g/mol. The predicted molar refractivity (Wildman–Crippen MR) is 77.8 cm³/mol. The minimum atomic E-state index is 0.731. The zero-order valence-corrected chi connectivity index (χ0v) is 11.8. The van der Waals surface area contributed by atoms with Crippen molar-refractivity contribution in [2.75, 3.05) is 19.6 Å². The Morgan fingerprint density at radius 3 is 2.61 bits per heavy atom. The molecular weight excluding hydrogens is 220 g/mol. The van der Waals surface area contributed by atoms with Gasteiger partial charge in [0.25, 0.3) is 0 Å². The van der Waals surface area contributed by atoms with Crippen LogP contribution in [0, 0.1) is 0 Å². The number of nitrogens with one attached hydrogen (secondary N) is 1. The van der Waals surface area contributed by atoms with Crippen LogP contribution in [-0.2, 0) is 13.0 Å². The molecule has 1 atom stereocenters. The zero-order chi connectivity index (χ0) is 12.8. The van der Waals surface area contributed by atoms with Gasteiger partial charge in [-0.2, -0.15) is 0 Å². The Bertz CT molecular complexity index is 356. The standard InChI is InChI=1S/C16H26N2/c1-3-11-18(16-9-10-17-12-16)13-15-8-6-5-7-14(15)4-2/h5-8,16-17H,3-4,9-13H2,1-2H3. The number of hydrogen-bond donors (Lipinski definition) is 1. The molecule has 1 fully saturated rings. The van der Waals surface area contributed by atoms with Gasteiger partial charge in [0.1, 0.15) is 0 Å². The zero-order valence-electron chi connectivity index (χ0n) is 11.8. The first-order valence-corrected chi connectivity index (χ1v) is 7.36. The van der Waals surface area contributed by atoms with Crippen molar-refractivity contribution in [1.29, 1.82) is 0 Å². The lowest BCUT2D eigenvalue weighted by Gasteiger charge is -2.28. The maximum absolute atomic E-state index is 3.48. The maximum Gasteiger partial charge on any atom is 0.0239 e. The molecule has 1 N–H and O–H groups in total. The van der Waals surface area contributed by atoms with E-state index >= 15 is 0 Å². The Morgan fingerprint density at radius 2 is 2.00 bits per heavy atom. The van der Waals surface area contributed by atoms with Gasteiger partial charge in [0.15, 0.2) is 0 Å². The monoisotopic (exact) mass is 246 g/mol. The quantitative estimate of drug-likeness (QED) is 0.830. The normalized spacial score (nSPS) is 19.6. The lowest BCUT2D eigenvalue weighted by Crippen LogP contribution is -2.37. The third kappa shape index (κ3) is 3.33. The first kappa shape index (κ1) is 13.6. The van der Waals surface area contributed by atoms with E-state index < -0.39 is 0 Å². The minimum absolute atomic E-state index is 0.731. The SMILES string of the molecule is CCCN(Cc1ccccc1CC)C1CCNC1. The van der Waals surface area contributed by atoms with Crippen molar-refractivity contribution in [2.45, 2.75) is 45.7 Å². The van der Waals surface area contributed by atoms with Gasteiger partial charge >= 0.3 is 0 Å². The van der Waals surface area contributed by atoms with Crippen molar-refractivity contribution in [3.05, 3.63) is 35.4 Å². The number of aryl methyl sites for hydroxylation is 1. The van der Waals surface area contributed by atoms with Gasteiger partial charge in [0.2, 0.25) is 0 Å². The van der Waals surface area contributed by atoms with E-state index in [0.29, 0.717) is 0 Å². The summed E-state index contributed by atoms with van der Waals surface area (Å²) in [5.74, 6) is 0. The van der Waals surface area contributed by atoms with Gasteiger partial charge < -0.3 is 5.32 Å². The van der Waals surface area contributed by atoms with E-state index in [0.717, 1.165) is 25.6 Å². The van der Waals surface area contributed by atoms with E-state index in [1.165, 1.54) is 37.1 Å². The molecule has 100 valence electrons. The molecule has 1 unspecified atom stereocenters. The molecule has 2 rings (SSSR count). The van der Waals surface area contributed by atoms with Crippen LogP contribution in [0.2, 0.25) is 0 Å². The van der Waals surface area contributed by atoms with Crippen LogP contribution in [0.25, 0.3) is 0 Å². The summed E-state index contributed by atoms with van der Waals surface area (Å²) in [6, 6.07) is 9.63. The summed E-state index contributed by atoms with van der Waals surface area (Å²) in [7, 11) is 0. The number of hydrogen-bond acceptors (Lipinski definition) is 2. The molecule has 0 radical (unpaired) electrons. The molecule has 0 spiro atoms. The topological polar surface area (TPSA) is 15.3 Å². The largest absolute Gasteiger partial charge is 0.315 e. The Kier molecular flexibility index (Phi) is 5.21. The van der Waals surface area contributed by atoms with E-state index in [4.69, 9.17) is 0 Å².